The number of rotatable bonds is 5. The minimum absolute atomic E-state index is 0.0440. The average molecular weight is 388 g/mol. The maximum Gasteiger partial charge on any atom is 0.205 e. The molecular weight excluding hydrogens is 358 g/mol. The molecule has 0 amide bonds. The smallest absolute Gasteiger partial charge is 0.205 e. The fourth-order valence-electron chi connectivity index (χ4n) is 4.88. The van der Waals surface area contributed by atoms with Crippen molar-refractivity contribution in [3.63, 3.8) is 0 Å². The molecule has 0 aromatic heterocycles. The number of hydrogen-bond acceptors (Lipinski definition) is 4. The van der Waals surface area contributed by atoms with E-state index in [1.165, 1.54) is 23.3 Å². The Hall–Kier alpha value is -1.75. The van der Waals surface area contributed by atoms with Crippen LogP contribution in [0, 0.1) is 28.1 Å². The van der Waals surface area contributed by atoms with E-state index in [0.29, 0.717) is 18.3 Å². The summed E-state index contributed by atoms with van der Waals surface area (Å²) in [6, 6.07) is 8.18. The first-order valence-electron chi connectivity index (χ1n) is 9.68. The number of benzene rings is 1. The lowest BCUT2D eigenvalue weighted by Crippen LogP contribution is -2.41. The molecule has 2 aliphatic rings. The highest BCUT2D eigenvalue weighted by atomic mass is 32.2. The zero-order chi connectivity index (χ0) is 19.8. The lowest BCUT2D eigenvalue weighted by Gasteiger charge is -2.49. The zero-order valence-electron chi connectivity index (χ0n) is 16.4. The van der Waals surface area contributed by atoms with Crippen LogP contribution in [-0.4, -0.2) is 13.8 Å². The summed E-state index contributed by atoms with van der Waals surface area (Å²) in [5.41, 5.74) is 2.56. The van der Waals surface area contributed by atoms with Crippen LogP contribution in [-0.2, 0) is 9.84 Å². The van der Waals surface area contributed by atoms with Crippen LogP contribution in [0.3, 0.4) is 0 Å². The van der Waals surface area contributed by atoms with Gasteiger partial charge < -0.3 is 0 Å². The third kappa shape index (κ3) is 3.54. The predicted molar refractivity (Wildman–Crippen MR) is 109 cm³/mol. The van der Waals surface area contributed by atoms with Crippen LogP contribution in [0.1, 0.15) is 46.5 Å². The van der Waals surface area contributed by atoms with E-state index in [1.54, 1.807) is 18.2 Å². The zero-order valence-corrected chi connectivity index (χ0v) is 17.2. The number of nitrogens with zero attached hydrogens (tertiary/aromatic N) is 1. The van der Waals surface area contributed by atoms with Crippen LogP contribution in [0.4, 0.5) is 0 Å². The van der Waals surface area contributed by atoms with Crippen molar-refractivity contribution in [3.8, 4) is 0 Å². The second kappa shape index (κ2) is 7.34. The van der Waals surface area contributed by atoms with Crippen molar-refractivity contribution >= 4 is 9.84 Å². The molecule has 1 aromatic carbocycles. The summed E-state index contributed by atoms with van der Waals surface area (Å²) in [5, 5.41) is 1.84. The highest BCUT2D eigenvalue weighted by Gasteiger charge is 2.47. The maximum atomic E-state index is 13.0. The number of allylic oxidation sites excluding steroid dienone is 2. The Morgan fingerprint density at radius 3 is 2.56 bits per heavy atom. The average Bonchev–Trinajstić information content (AvgIpc) is 2.63. The first kappa shape index (κ1) is 20.0. The Kier molecular flexibility index (Phi) is 5.44. The Labute approximate surface area is 162 Å². The summed E-state index contributed by atoms with van der Waals surface area (Å²) in [6.45, 7) is 10.7. The largest absolute Gasteiger partial charge is 0.221 e. The molecule has 0 radical (unpaired) electrons. The molecular formula is C22H29NO3S. The quantitative estimate of drug-likeness (QED) is 0.494. The lowest BCUT2D eigenvalue weighted by atomic mass is 9.56. The van der Waals surface area contributed by atoms with Gasteiger partial charge in [-0.2, -0.15) is 0 Å². The summed E-state index contributed by atoms with van der Waals surface area (Å²) < 4.78 is 26.0. The number of fused-ring (bicyclic) bond motifs is 1. The molecule has 0 spiro atoms. The van der Waals surface area contributed by atoms with Gasteiger partial charge in [-0.25, -0.2) is 8.42 Å². The Morgan fingerprint density at radius 1 is 1.30 bits per heavy atom. The maximum absolute atomic E-state index is 13.0. The standard InChI is InChI=1S/C22H29NO3S/c1-15(2)17-10-11-19-13-18(12-16(3)22(19,4)14-17)21(23-24)27(25,26)20-8-6-5-7-9-20/h5-9,13,16-18,21H,1,10-12,14H2,2-4H3/t16-,17?,18?,21?,22+/m1/s1. The molecule has 1 saturated carbocycles. The van der Waals surface area contributed by atoms with E-state index in [1.807, 2.05) is 0 Å². The van der Waals surface area contributed by atoms with E-state index < -0.39 is 15.2 Å². The van der Waals surface area contributed by atoms with Gasteiger partial charge in [0.2, 0.25) is 15.2 Å². The van der Waals surface area contributed by atoms with Crippen molar-refractivity contribution in [3.05, 3.63) is 59.0 Å². The molecule has 0 bridgehead atoms. The molecule has 0 heterocycles. The summed E-state index contributed by atoms with van der Waals surface area (Å²) in [4.78, 5) is 11.8. The highest BCUT2D eigenvalue weighted by Crippen LogP contribution is 2.55. The van der Waals surface area contributed by atoms with E-state index in [0.717, 1.165) is 19.3 Å². The topological polar surface area (TPSA) is 63.6 Å². The van der Waals surface area contributed by atoms with Crippen LogP contribution in [0.2, 0.25) is 0 Å². The molecule has 2 aliphatic carbocycles. The first-order valence-corrected chi connectivity index (χ1v) is 11.2. The molecule has 0 N–H and O–H groups in total. The van der Waals surface area contributed by atoms with Crippen molar-refractivity contribution in [1.82, 2.24) is 0 Å². The van der Waals surface area contributed by atoms with Gasteiger partial charge in [0, 0.05) is 5.92 Å². The number of sulfone groups is 1. The molecule has 146 valence electrons. The highest BCUT2D eigenvalue weighted by molar-refractivity contribution is 7.92. The van der Waals surface area contributed by atoms with Gasteiger partial charge in [-0.3, -0.25) is 0 Å². The number of nitroso groups, excluding NO2 is 1. The minimum Gasteiger partial charge on any atom is -0.221 e. The third-order valence-electron chi connectivity index (χ3n) is 6.85. The second-order valence-corrected chi connectivity index (χ2v) is 10.6. The molecule has 1 fully saturated rings. The Morgan fingerprint density at radius 2 is 1.96 bits per heavy atom. The molecule has 3 rings (SSSR count). The fraction of sp³-hybridized carbons (Fsp3) is 0.545. The van der Waals surface area contributed by atoms with E-state index in [4.69, 9.17) is 0 Å². The summed E-state index contributed by atoms with van der Waals surface area (Å²) >= 11 is 0. The first-order chi connectivity index (χ1) is 12.7. The van der Waals surface area contributed by atoms with E-state index in [9.17, 15) is 13.3 Å². The Balaban J connectivity index is 1.95. The predicted octanol–water partition coefficient (Wildman–Crippen LogP) is 5.52. The molecule has 5 heteroatoms. The van der Waals surface area contributed by atoms with Crippen LogP contribution in [0.15, 0.2) is 64.2 Å². The molecule has 0 aliphatic heterocycles. The van der Waals surface area contributed by atoms with Crippen LogP contribution in [0.5, 0.6) is 0 Å². The van der Waals surface area contributed by atoms with E-state index in [2.05, 4.69) is 38.6 Å². The van der Waals surface area contributed by atoms with Crippen molar-refractivity contribution in [2.45, 2.75) is 56.7 Å². The van der Waals surface area contributed by atoms with Crippen molar-refractivity contribution in [2.75, 3.05) is 0 Å². The minimum atomic E-state index is -3.79. The Bertz CT molecular complexity index is 859. The molecule has 1 aromatic rings. The summed E-state index contributed by atoms with van der Waals surface area (Å²) in [5.74, 6) is 0.436. The van der Waals surface area contributed by atoms with Crippen molar-refractivity contribution in [2.24, 2.45) is 28.3 Å². The van der Waals surface area contributed by atoms with Crippen LogP contribution >= 0.6 is 0 Å². The molecule has 0 saturated heterocycles. The van der Waals surface area contributed by atoms with Crippen molar-refractivity contribution in [1.29, 1.82) is 0 Å². The van der Waals surface area contributed by atoms with Crippen LogP contribution < -0.4 is 0 Å². The van der Waals surface area contributed by atoms with E-state index in [-0.39, 0.29) is 16.2 Å². The van der Waals surface area contributed by atoms with Gasteiger partial charge in [-0.05, 0) is 67.2 Å². The van der Waals surface area contributed by atoms with Crippen molar-refractivity contribution < 1.29 is 8.42 Å². The monoisotopic (exact) mass is 387 g/mol. The molecule has 27 heavy (non-hydrogen) atoms. The molecule has 3 unspecified atom stereocenters. The normalized spacial score (nSPS) is 32.1. The van der Waals surface area contributed by atoms with Gasteiger partial charge >= 0.3 is 0 Å². The van der Waals surface area contributed by atoms with Gasteiger partial charge in [0.1, 0.15) is 0 Å². The SMILES string of the molecule is C=C(C)C1CCC2=CC(C(N=O)S(=O)(=O)c3ccccc3)C[C@@H](C)[C@]2(C)C1. The van der Waals surface area contributed by atoms with Gasteiger partial charge in [0.05, 0.1) is 4.90 Å². The second-order valence-electron chi connectivity index (χ2n) is 8.55. The number of hydrogen-bond donors (Lipinski definition) is 0. The van der Waals surface area contributed by atoms with E-state index >= 15 is 0 Å². The van der Waals surface area contributed by atoms with Gasteiger partial charge in [-0.1, -0.05) is 55.8 Å². The lowest BCUT2D eigenvalue weighted by molar-refractivity contribution is 0.133. The summed E-state index contributed by atoms with van der Waals surface area (Å²) in [6.07, 6.45) is 5.74. The summed E-state index contributed by atoms with van der Waals surface area (Å²) in [7, 11) is -3.79. The molecule has 4 nitrogen and oxygen atoms in total. The third-order valence-corrected chi connectivity index (χ3v) is 8.85. The van der Waals surface area contributed by atoms with Gasteiger partial charge in [-0.15, -0.1) is 4.91 Å². The fourth-order valence-corrected chi connectivity index (χ4v) is 6.46. The van der Waals surface area contributed by atoms with Crippen LogP contribution in [0.25, 0.3) is 0 Å². The molecule has 5 atom stereocenters. The van der Waals surface area contributed by atoms with Gasteiger partial charge in [0.15, 0.2) is 0 Å². The van der Waals surface area contributed by atoms with Gasteiger partial charge in [0.25, 0.3) is 0 Å².